The highest BCUT2D eigenvalue weighted by molar-refractivity contribution is 5.79. The van der Waals surface area contributed by atoms with Crippen LogP contribution < -0.4 is 5.43 Å². The van der Waals surface area contributed by atoms with Crippen LogP contribution in [0.2, 0.25) is 0 Å². The first kappa shape index (κ1) is 26.9. The molecule has 0 unspecified atom stereocenters. The number of hydrogen-bond donors (Lipinski definition) is 1. The molecule has 0 aromatic heterocycles. The van der Waals surface area contributed by atoms with Crippen LogP contribution in [0.5, 0.6) is 0 Å². The van der Waals surface area contributed by atoms with E-state index in [-0.39, 0.29) is 25.0 Å². The van der Waals surface area contributed by atoms with Crippen LogP contribution in [0.15, 0.2) is 0 Å². The average molecular weight is 426 g/mol. The Balaban J connectivity index is 2.26. The number of carbonyl (C=O) groups is 2. The maximum Gasteiger partial charge on any atom is 0.260 e. The standard InChI is InChI=1S/C24H47N3O3/c1-3-5-7-9-11-13-17-26(18-14-12-10-8-6-4-2)24(29)22-30-21-23(28)25-27-19-15-16-20-27/h3-22H2,1-2H3,(H,25,28). The topological polar surface area (TPSA) is 61.9 Å². The van der Waals surface area contributed by atoms with Crippen molar-refractivity contribution in [3.63, 3.8) is 0 Å². The Kier molecular flexibility index (Phi) is 16.7. The number of carbonyl (C=O) groups excluding carboxylic acids is 2. The minimum absolute atomic E-state index is 0.000903. The number of amides is 2. The highest BCUT2D eigenvalue weighted by Gasteiger charge is 2.16. The van der Waals surface area contributed by atoms with Gasteiger partial charge in [-0.05, 0) is 25.7 Å². The summed E-state index contributed by atoms with van der Waals surface area (Å²) < 4.78 is 5.44. The minimum Gasteiger partial charge on any atom is -0.362 e. The summed E-state index contributed by atoms with van der Waals surface area (Å²) in [5, 5.41) is 1.93. The number of rotatable bonds is 19. The van der Waals surface area contributed by atoms with Gasteiger partial charge in [0, 0.05) is 26.2 Å². The monoisotopic (exact) mass is 425 g/mol. The molecule has 0 aromatic carbocycles. The van der Waals surface area contributed by atoms with Crippen molar-refractivity contribution in [2.45, 2.75) is 104 Å². The van der Waals surface area contributed by atoms with Crippen molar-refractivity contribution in [3.8, 4) is 0 Å². The summed E-state index contributed by atoms with van der Waals surface area (Å²) in [5.41, 5.74) is 2.84. The van der Waals surface area contributed by atoms with E-state index >= 15 is 0 Å². The third-order valence-electron chi connectivity index (χ3n) is 5.76. The third-order valence-corrected chi connectivity index (χ3v) is 5.76. The fraction of sp³-hybridized carbons (Fsp3) is 0.917. The lowest BCUT2D eigenvalue weighted by Gasteiger charge is -2.23. The van der Waals surface area contributed by atoms with Gasteiger partial charge in [-0.2, -0.15) is 0 Å². The van der Waals surface area contributed by atoms with Gasteiger partial charge in [0.2, 0.25) is 5.91 Å². The molecule has 6 heteroatoms. The Bertz CT molecular complexity index is 423. The van der Waals surface area contributed by atoms with E-state index in [4.69, 9.17) is 4.74 Å². The minimum atomic E-state index is -0.164. The predicted octanol–water partition coefficient (Wildman–Crippen LogP) is 4.68. The van der Waals surface area contributed by atoms with E-state index in [1.807, 2.05) is 9.91 Å². The van der Waals surface area contributed by atoms with Gasteiger partial charge in [0.05, 0.1) is 0 Å². The SMILES string of the molecule is CCCCCCCCN(CCCCCCCC)C(=O)COCC(=O)NN1CCCC1. The second-order valence-electron chi connectivity index (χ2n) is 8.64. The molecule has 0 aromatic rings. The maximum absolute atomic E-state index is 12.7. The van der Waals surface area contributed by atoms with E-state index < -0.39 is 0 Å². The van der Waals surface area contributed by atoms with Gasteiger partial charge in [-0.15, -0.1) is 0 Å². The molecule has 1 aliphatic rings. The molecule has 1 fully saturated rings. The Morgan fingerprint density at radius 1 is 0.767 bits per heavy atom. The molecule has 6 nitrogen and oxygen atoms in total. The van der Waals surface area contributed by atoms with Crippen LogP contribution in [0.3, 0.4) is 0 Å². The van der Waals surface area contributed by atoms with Gasteiger partial charge in [-0.1, -0.05) is 78.1 Å². The van der Waals surface area contributed by atoms with Crippen molar-refractivity contribution in [3.05, 3.63) is 0 Å². The lowest BCUT2D eigenvalue weighted by atomic mass is 10.1. The first-order valence-electron chi connectivity index (χ1n) is 12.6. The van der Waals surface area contributed by atoms with E-state index in [9.17, 15) is 9.59 Å². The zero-order valence-corrected chi connectivity index (χ0v) is 19.8. The summed E-state index contributed by atoms with van der Waals surface area (Å²) in [4.78, 5) is 26.6. The van der Waals surface area contributed by atoms with Crippen LogP contribution in [0, 0.1) is 0 Å². The van der Waals surface area contributed by atoms with Gasteiger partial charge in [0.1, 0.15) is 13.2 Å². The van der Waals surface area contributed by atoms with E-state index in [2.05, 4.69) is 19.3 Å². The Labute approximate surface area is 185 Å². The Morgan fingerprint density at radius 2 is 1.27 bits per heavy atom. The molecule has 0 bridgehead atoms. The quantitative estimate of drug-likeness (QED) is 0.305. The molecule has 0 spiro atoms. The van der Waals surface area contributed by atoms with E-state index in [0.717, 1.165) is 51.9 Å². The Morgan fingerprint density at radius 3 is 1.80 bits per heavy atom. The molecular weight excluding hydrogens is 378 g/mol. The van der Waals surface area contributed by atoms with Crippen LogP contribution >= 0.6 is 0 Å². The molecule has 1 N–H and O–H groups in total. The first-order chi connectivity index (χ1) is 14.7. The molecule has 0 radical (unpaired) electrons. The molecule has 2 amide bonds. The van der Waals surface area contributed by atoms with Crippen LogP contribution in [0.4, 0.5) is 0 Å². The second kappa shape index (κ2) is 18.6. The fourth-order valence-electron chi connectivity index (χ4n) is 3.89. The van der Waals surface area contributed by atoms with Crippen molar-refractivity contribution < 1.29 is 14.3 Å². The molecule has 1 saturated heterocycles. The molecule has 0 saturated carbocycles. The smallest absolute Gasteiger partial charge is 0.260 e. The van der Waals surface area contributed by atoms with Crippen molar-refractivity contribution >= 4 is 11.8 Å². The van der Waals surface area contributed by atoms with Crippen molar-refractivity contribution in [1.29, 1.82) is 0 Å². The zero-order chi connectivity index (χ0) is 21.9. The van der Waals surface area contributed by atoms with Gasteiger partial charge in [-0.3, -0.25) is 15.0 Å². The molecule has 1 heterocycles. The summed E-state index contributed by atoms with van der Waals surface area (Å²) in [6.07, 6.45) is 16.9. The third kappa shape index (κ3) is 14.0. The number of hydrazine groups is 1. The van der Waals surface area contributed by atoms with Crippen LogP contribution in [-0.2, 0) is 14.3 Å². The summed E-state index contributed by atoms with van der Waals surface area (Å²) in [7, 11) is 0. The van der Waals surface area contributed by atoms with Gasteiger partial charge in [-0.25, -0.2) is 5.01 Å². The van der Waals surface area contributed by atoms with Gasteiger partial charge in [0.25, 0.3) is 5.91 Å². The number of nitrogens with zero attached hydrogens (tertiary/aromatic N) is 2. The van der Waals surface area contributed by atoms with Crippen LogP contribution in [-0.4, -0.2) is 61.1 Å². The lowest BCUT2D eigenvalue weighted by molar-refractivity contribution is -0.139. The number of hydrogen-bond acceptors (Lipinski definition) is 4. The van der Waals surface area contributed by atoms with Crippen LogP contribution in [0.25, 0.3) is 0 Å². The molecule has 1 aliphatic heterocycles. The van der Waals surface area contributed by atoms with Gasteiger partial charge >= 0.3 is 0 Å². The molecular formula is C24H47N3O3. The van der Waals surface area contributed by atoms with Crippen molar-refractivity contribution in [2.75, 3.05) is 39.4 Å². The molecule has 0 aliphatic carbocycles. The van der Waals surface area contributed by atoms with Gasteiger partial charge < -0.3 is 9.64 Å². The first-order valence-corrected chi connectivity index (χ1v) is 12.6. The average Bonchev–Trinajstić information content (AvgIpc) is 3.24. The summed E-state index contributed by atoms with van der Waals surface area (Å²) in [5.74, 6) is -0.144. The molecule has 30 heavy (non-hydrogen) atoms. The lowest BCUT2D eigenvalue weighted by Crippen LogP contribution is -2.42. The van der Waals surface area contributed by atoms with Gasteiger partial charge in [0.15, 0.2) is 0 Å². The summed E-state index contributed by atoms with van der Waals surface area (Å²) in [6, 6.07) is 0. The Hall–Kier alpha value is -1.14. The van der Waals surface area contributed by atoms with Crippen LogP contribution in [0.1, 0.15) is 104 Å². The maximum atomic E-state index is 12.7. The highest BCUT2D eigenvalue weighted by atomic mass is 16.5. The van der Waals surface area contributed by atoms with E-state index in [1.165, 1.54) is 64.2 Å². The summed E-state index contributed by atoms with van der Waals surface area (Å²) >= 11 is 0. The molecule has 176 valence electrons. The molecule has 0 atom stereocenters. The largest absolute Gasteiger partial charge is 0.362 e. The predicted molar refractivity (Wildman–Crippen MR) is 123 cm³/mol. The second-order valence-corrected chi connectivity index (χ2v) is 8.64. The van der Waals surface area contributed by atoms with E-state index in [0.29, 0.717) is 0 Å². The van der Waals surface area contributed by atoms with E-state index in [1.54, 1.807) is 0 Å². The fourth-order valence-corrected chi connectivity index (χ4v) is 3.89. The van der Waals surface area contributed by atoms with Crippen molar-refractivity contribution in [2.24, 2.45) is 0 Å². The number of unbranched alkanes of at least 4 members (excludes halogenated alkanes) is 10. The number of ether oxygens (including phenoxy) is 1. The zero-order valence-electron chi connectivity index (χ0n) is 19.8. The summed E-state index contributed by atoms with van der Waals surface area (Å²) in [6.45, 7) is 7.82. The normalized spacial score (nSPS) is 14.2. The highest BCUT2D eigenvalue weighted by Crippen LogP contribution is 2.09. The molecule has 1 rings (SSSR count). The number of nitrogens with one attached hydrogen (secondary N) is 1. The van der Waals surface area contributed by atoms with Crippen molar-refractivity contribution in [1.82, 2.24) is 15.3 Å².